The van der Waals surface area contributed by atoms with Crippen molar-refractivity contribution in [2.24, 2.45) is 17.8 Å². The first kappa shape index (κ1) is 21.0. The Kier molecular flexibility index (Phi) is 8.23. The van der Waals surface area contributed by atoms with Gasteiger partial charge in [0, 0.05) is 12.1 Å². The molecule has 0 aromatic heterocycles. The van der Waals surface area contributed by atoms with Gasteiger partial charge in [0.2, 0.25) is 0 Å². The number of ether oxygens (including phenoxy) is 1. The van der Waals surface area contributed by atoms with E-state index in [0.29, 0.717) is 6.61 Å². The van der Waals surface area contributed by atoms with Gasteiger partial charge in [0.05, 0.1) is 12.5 Å². The van der Waals surface area contributed by atoms with Crippen LogP contribution in [0.25, 0.3) is 0 Å². The lowest BCUT2D eigenvalue weighted by Gasteiger charge is -2.43. The minimum Gasteiger partial charge on any atom is -0.466 e. The summed E-state index contributed by atoms with van der Waals surface area (Å²) in [6.07, 6.45) is 11.1. The van der Waals surface area contributed by atoms with Gasteiger partial charge in [-0.3, -0.25) is 4.79 Å². The summed E-state index contributed by atoms with van der Waals surface area (Å²) in [5.74, 6) is 1.58. The predicted octanol–water partition coefficient (Wildman–Crippen LogP) is 4.40. The Labute approximate surface area is 159 Å². The van der Waals surface area contributed by atoms with E-state index < -0.39 is 0 Å². The molecule has 2 rings (SSSR count). The number of unbranched alkanes of at least 4 members (excludes halogenated alkanes) is 3. The molecule has 2 fully saturated rings. The zero-order valence-electron chi connectivity index (χ0n) is 16.9. The summed E-state index contributed by atoms with van der Waals surface area (Å²) < 4.78 is 5.02. The molecule has 2 unspecified atom stereocenters. The molecule has 0 aliphatic heterocycles. The van der Waals surface area contributed by atoms with E-state index in [9.17, 15) is 9.59 Å². The Morgan fingerprint density at radius 1 is 1.19 bits per heavy atom. The molecule has 2 aliphatic rings. The molecule has 0 heterocycles. The highest BCUT2D eigenvalue weighted by Crippen LogP contribution is 2.48. The average molecular weight is 367 g/mol. The van der Waals surface area contributed by atoms with Crippen LogP contribution in [0.2, 0.25) is 0 Å². The number of nitrogens with one attached hydrogen (secondary N) is 2. The fourth-order valence-electron chi connectivity index (χ4n) is 3.99. The monoisotopic (exact) mass is 366 g/mol. The number of hydrogen-bond donors (Lipinski definition) is 2. The topological polar surface area (TPSA) is 67.4 Å². The number of amides is 2. The van der Waals surface area contributed by atoms with Gasteiger partial charge in [-0.15, -0.1) is 0 Å². The van der Waals surface area contributed by atoms with Crippen molar-refractivity contribution in [1.82, 2.24) is 10.6 Å². The Hall–Kier alpha value is -1.26. The van der Waals surface area contributed by atoms with Crippen LogP contribution < -0.4 is 10.6 Å². The van der Waals surface area contributed by atoms with Crippen LogP contribution in [0.5, 0.6) is 0 Å². The molecule has 2 N–H and O–H groups in total. The summed E-state index contributed by atoms with van der Waals surface area (Å²) in [7, 11) is 0. The molecule has 3 atom stereocenters. The quantitative estimate of drug-likeness (QED) is 0.397. The smallest absolute Gasteiger partial charge is 0.315 e. The Balaban J connectivity index is 1.48. The van der Waals surface area contributed by atoms with Gasteiger partial charge >= 0.3 is 12.0 Å². The van der Waals surface area contributed by atoms with Crippen LogP contribution in [-0.2, 0) is 9.53 Å². The first-order chi connectivity index (χ1) is 12.5. The van der Waals surface area contributed by atoms with Gasteiger partial charge in [0.1, 0.15) is 0 Å². The van der Waals surface area contributed by atoms with E-state index in [-0.39, 0.29) is 23.5 Å². The SMILES string of the molecule is CCOC(=O)C(C)CCCCCCNC(=O)NC1(CC2C[C@@H]2C)CCC1. The maximum atomic E-state index is 12.2. The zero-order chi connectivity index (χ0) is 19.0. The second-order valence-corrected chi connectivity index (χ2v) is 8.55. The molecule has 0 bridgehead atoms. The third-order valence-electron chi connectivity index (χ3n) is 6.16. The van der Waals surface area contributed by atoms with Crippen LogP contribution in [-0.4, -0.2) is 30.7 Å². The second kappa shape index (κ2) is 10.2. The van der Waals surface area contributed by atoms with Crippen molar-refractivity contribution in [3.8, 4) is 0 Å². The van der Waals surface area contributed by atoms with Gasteiger partial charge < -0.3 is 15.4 Å². The van der Waals surface area contributed by atoms with Crippen LogP contribution in [0.1, 0.15) is 85.0 Å². The fraction of sp³-hybridized carbons (Fsp3) is 0.905. The van der Waals surface area contributed by atoms with Crippen molar-refractivity contribution < 1.29 is 14.3 Å². The minimum absolute atomic E-state index is 0.00768. The van der Waals surface area contributed by atoms with Crippen LogP contribution in [0.4, 0.5) is 4.79 Å². The van der Waals surface area contributed by atoms with E-state index in [4.69, 9.17) is 4.74 Å². The highest BCUT2D eigenvalue weighted by molar-refractivity contribution is 5.75. The van der Waals surface area contributed by atoms with E-state index in [2.05, 4.69) is 17.6 Å². The molecular formula is C21H38N2O3. The van der Waals surface area contributed by atoms with Crippen LogP contribution >= 0.6 is 0 Å². The van der Waals surface area contributed by atoms with E-state index in [1.54, 1.807) is 0 Å². The predicted molar refractivity (Wildman–Crippen MR) is 104 cm³/mol. The molecule has 150 valence electrons. The van der Waals surface area contributed by atoms with Crippen molar-refractivity contribution in [2.45, 2.75) is 90.5 Å². The van der Waals surface area contributed by atoms with E-state index in [1.807, 2.05) is 13.8 Å². The van der Waals surface area contributed by atoms with E-state index in [1.165, 1.54) is 19.3 Å². The summed E-state index contributed by atoms with van der Waals surface area (Å²) in [5.41, 5.74) is 0.0861. The largest absolute Gasteiger partial charge is 0.466 e. The Morgan fingerprint density at radius 2 is 1.88 bits per heavy atom. The summed E-state index contributed by atoms with van der Waals surface area (Å²) in [6, 6.07) is 0.00827. The number of urea groups is 1. The van der Waals surface area contributed by atoms with Gasteiger partial charge in [-0.2, -0.15) is 0 Å². The molecule has 5 heteroatoms. The lowest BCUT2D eigenvalue weighted by Crippen LogP contribution is -2.56. The lowest BCUT2D eigenvalue weighted by molar-refractivity contribution is -0.147. The highest BCUT2D eigenvalue weighted by atomic mass is 16.5. The lowest BCUT2D eigenvalue weighted by atomic mass is 9.73. The number of hydrogen-bond acceptors (Lipinski definition) is 3. The highest BCUT2D eigenvalue weighted by Gasteiger charge is 2.45. The fourth-order valence-corrected chi connectivity index (χ4v) is 3.99. The first-order valence-electron chi connectivity index (χ1n) is 10.7. The number of carbonyl (C=O) groups is 2. The van der Waals surface area contributed by atoms with Crippen molar-refractivity contribution >= 4 is 12.0 Å². The van der Waals surface area contributed by atoms with Gasteiger partial charge in [-0.25, -0.2) is 4.79 Å². The average Bonchev–Trinajstić information content (AvgIpc) is 3.26. The molecule has 5 nitrogen and oxygen atoms in total. The first-order valence-corrected chi connectivity index (χ1v) is 10.7. The van der Waals surface area contributed by atoms with E-state index in [0.717, 1.165) is 63.3 Å². The summed E-state index contributed by atoms with van der Waals surface area (Å²) >= 11 is 0. The van der Waals surface area contributed by atoms with Gasteiger partial charge in [-0.1, -0.05) is 33.1 Å². The third kappa shape index (κ3) is 6.81. The summed E-state index contributed by atoms with van der Waals surface area (Å²) in [6.45, 7) is 7.27. The molecule has 0 radical (unpaired) electrons. The van der Waals surface area contributed by atoms with Gasteiger partial charge in [-0.05, 0) is 63.7 Å². The Morgan fingerprint density at radius 3 is 2.46 bits per heavy atom. The number of esters is 1. The molecule has 26 heavy (non-hydrogen) atoms. The normalized spacial score (nSPS) is 24.3. The molecule has 0 spiro atoms. The van der Waals surface area contributed by atoms with Gasteiger partial charge in [0.25, 0.3) is 0 Å². The molecule has 2 saturated carbocycles. The number of rotatable bonds is 12. The van der Waals surface area contributed by atoms with Crippen molar-refractivity contribution in [3.05, 3.63) is 0 Å². The molecule has 0 saturated heterocycles. The van der Waals surface area contributed by atoms with Gasteiger partial charge in [0.15, 0.2) is 0 Å². The maximum absolute atomic E-state index is 12.2. The molecule has 2 aliphatic carbocycles. The summed E-state index contributed by atoms with van der Waals surface area (Å²) in [5, 5.41) is 6.28. The van der Waals surface area contributed by atoms with Crippen molar-refractivity contribution in [1.29, 1.82) is 0 Å². The Bertz CT molecular complexity index is 462. The second-order valence-electron chi connectivity index (χ2n) is 8.55. The molecule has 0 aromatic carbocycles. The minimum atomic E-state index is -0.0867. The van der Waals surface area contributed by atoms with Crippen LogP contribution in [0.15, 0.2) is 0 Å². The standard InChI is InChI=1S/C21H38N2O3/c1-4-26-19(24)16(2)10-7-5-6-8-13-22-20(25)23-21(11-9-12-21)15-18-14-17(18)3/h16-18H,4-15H2,1-3H3,(H2,22,23,25)/t16?,17-,18?/m0/s1. The van der Waals surface area contributed by atoms with Crippen molar-refractivity contribution in [3.63, 3.8) is 0 Å². The van der Waals surface area contributed by atoms with Crippen LogP contribution in [0.3, 0.4) is 0 Å². The number of carbonyl (C=O) groups excluding carboxylic acids is 2. The van der Waals surface area contributed by atoms with E-state index >= 15 is 0 Å². The van der Waals surface area contributed by atoms with Crippen molar-refractivity contribution in [2.75, 3.05) is 13.2 Å². The maximum Gasteiger partial charge on any atom is 0.315 e. The molecule has 0 aromatic rings. The molecular weight excluding hydrogens is 328 g/mol. The van der Waals surface area contributed by atoms with Crippen LogP contribution in [0, 0.1) is 17.8 Å². The zero-order valence-corrected chi connectivity index (χ0v) is 16.9. The summed E-state index contributed by atoms with van der Waals surface area (Å²) in [4.78, 5) is 23.7. The molecule has 2 amide bonds. The third-order valence-corrected chi connectivity index (χ3v) is 6.16.